The molecule has 3 nitrogen and oxygen atoms in total. The predicted octanol–water partition coefficient (Wildman–Crippen LogP) is 1.90. The zero-order valence-corrected chi connectivity index (χ0v) is 8.69. The molecule has 0 unspecified atom stereocenters. The Morgan fingerprint density at radius 3 is 2.25 bits per heavy atom. The minimum Gasteiger partial charge on any atom is -0.191 e. The van der Waals surface area contributed by atoms with Crippen LogP contribution in [0.2, 0.25) is 0 Å². The van der Waals surface area contributed by atoms with E-state index < -0.39 is 15.6 Å². The van der Waals surface area contributed by atoms with E-state index in [1.54, 1.807) is 0 Å². The van der Waals surface area contributed by atoms with Crippen molar-refractivity contribution in [2.24, 2.45) is 0 Å². The first-order chi connectivity index (χ1) is 5.31. The maximum Gasteiger partial charge on any atom is 0.524 e. The summed E-state index contributed by atoms with van der Waals surface area (Å²) >= 11 is 3.12. The molecule has 0 aliphatic carbocycles. The fourth-order valence-electron chi connectivity index (χ4n) is 0.167. The molecule has 0 heterocycles. The van der Waals surface area contributed by atoms with Gasteiger partial charge < -0.3 is 0 Å². The number of rotatable bonds is 4. The van der Waals surface area contributed by atoms with Gasteiger partial charge in [0.1, 0.15) is 0 Å². The lowest BCUT2D eigenvalue weighted by Crippen LogP contribution is -2.23. The van der Waals surface area contributed by atoms with Crippen LogP contribution in [0.1, 0.15) is 0 Å². The molecule has 0 N–H and O–H groups in total. The van der Waals surface area contributed by atoms with E-state index in [0.29, 0.717) is 5.33 Å². The van der Waals surface area contributed by atoms with Gasteiger partial charge in [0.15, 0.2) is 0 Å². The van der Waals surface area contributed by atoms with Crippen molar-refractivity contribution in [2.75, 3.05) is 11.1 Å². The van der Waals surface area contributed by atoms with Crippen LogP contribution in [0.15, 0.2) is 0 Å². The molecule has 0 saturated heterocycles. The molecule has 0 rings (SSSR count). The van der Waals surface area contributed by atoms with E-state index in [2.05, 4.69) is 19.6 Å². The van der Waals surface area contributed by atoms with Crippen molar-refractivity contribution in [1.82, 2.24) is 0 Å². The van der Waals surface area contributed by atoms with Crippen LogP contribution in [-0.4, -0.2) is 25.0 Å². The predicted molar refractivity (Wildman–Crippen MR) is 42.3 cm³/mol. The van der Waals surface area contributed by atoms with Crippen LogP contribution in [0.25, 0.3) is 0 Å². The highest BCUT2D eigenvalue weighted by molar-refractivity contribution is 9.09. The highest BCUT2D eigenvalue weighted by Gasteiger charge is 2.47. The Labute approximate surface area is 80.1 Å². The molecule has 0 fully saturated rings. The van der Waals surface area contributed by atoms with Crippen LogP contribution in [0.4, 0.5) is 13.2 Å². The molecular weight excluding hydrogens is 285 g/mol. The molecule has 0 spiro atoms. The SMILES string of the molecule is O=S(=O)(OSCCBr)C(F)(F)F. The summed E-state index contributed by atoms with van der Waals surface area (Å²) < 4.78 is 58.4. The average molecular weight is 289 g/mol. The minimum absolute atomic E-state index is 0.120. The van der Waals surface area contributed by atoms with Gasteiger partial charge in [-0.2, -0.15) is 25.2 Å². The second kappa shape index (κ2) is 4.68. The monoisotopic (exact) mass is 288 g/mol. The molecule has 12 heavy (non-hydrogen) atoms. The summed E-state index contributed by atoms with van der Waals surface area (Å²) in [5.41, 5.74) is -5.34. The first-order valence-corrected chi connectivity index (χ1v) is 5.93. The topological polar surface area (TPSA) is 43.4 Å². The van der Waals surface area contributed by atoms with Gasteiger partial charge >= 0.3 is 15.6 Å². The summed E-state index contributed by atoms with van der Waals surface area (Å²) in [7, 11) is -5.43. The second-order valence-corrected chi connectivity index (χ2v) is 4.83. The Morgan fingerprint density at radius 1 is 1.42 bits per heavy atom. The Balaban J connectivity index is 4.08. The summed E-state index contributed by atoms with van der Waals surface area (Å²) in [6.07, 6.45) is 0. The molecule has 0 aliphatic rings. The van der Waals surface area contributed by atoms with Crippen molar-refractivity contribution in [3.05, 3.63) is 0 Å². The first-order valence-electron chi connectivity index (χ1n) is 2.49. The highest BCUT2D eigenvalue weighted by Crippen LogP contribution is 2.27. The third-order valence-electron chi connectivity index (χ3n) is 0.582. The standard InChI is InChI=1S/C3H4BrF3O3S2/c4-1-2-11-10-12(8,9)3(5,6)7/h1-2H2. The number of hydrogen-bond acceptors (Lipinski definition) is 4. The molecule has 9 heteroatoms. The van der Waals surface area contributed by atoms with E-state index in [-0.39, 0.29) is 17.8 Å². The van der Waals surface area contributed by atoms with Gasteiger partial charge in [-0.05, 0) is 0 Å². The van der Waals surface area contributed by atoms with E-state index in [0.717, 1.165) is 0 Å². The summed E-state index contributed by atoms with van der Waals surface area (Å²) in [5, 5.41) is 0.352. The average Bonchev–Trinajstić information content (AvgIpc) is 1.85. The lowest BCUT2D eigenvalue weighted by atomic mass is 11.0. The summed E-state index contributed by atoms with van der Waals surface area (Å²) in [4.78, 5) is 0. The lowest BCUT2D eigenvalue weighted by Gasteiger charge is -2.05. The van der Waals surface area contributed by atoms with Gasteiger partial charge in [-0.25, -0.2) is 0 Å². The van der Waals surface area contributed by atoms with E-state index in [4.69, 9.17) is 0 Å². The summed E-state index contributed by atoms with van der Waals surface area (Å²) in [6.45, 7) is 0. The summed E-state index contributed by atoms with van der Waals surface area (Å²) in [5.74, 6) is 0.120. The Kier molecular flexibility index (Phi) is 4.89. The largest absolute Gasteiger partial charge is 0.524 e. The fourth-order valence-corrected chi connectivity index (χ4v) is 1.71. The Hall–Kier alpha value is 0.530. The van der Waals surface area contributed by atoms with Crippen molar-refractivity contribution in [2.45, 2.75) is 5.51 Å². The van der Waals surface area contributed by atoms with Crippen LogP contribution < -0.4 is 0 Å². The van der Waals surface area contributed by atoms with Gasteiger partial charge in [0.2, 0.25) is 0 Å². The Bertz CT molecular complexity index is 223. The number of alkyl halides is 4. The van der Waals surface area contributed by atoms with E-state index >= 15 is 0 Å². The van der Waals surface area contributed by atoms with E-state index in [9.17, 15) is 21.6 Å². The molecule has 0 aliphatic heterocycles. The van der Waals surface area contributed by atoms with Crippen LogP contribution in [0.5, 0.6) is 0 Å². The van der Waals surface area contributed by atoms with Crippen LogP contribution in [0, 0.1) is 0 Å². The highest BCUT2D eigenvalue weighted by atomic mass is 79.9. The quantitative estimate of drug-likeness (QED) is 0.343. The lowest BCUT2D eigenvalue weighted by molar-refractivity contribution is -0.0494. The zero-order chi connectivity index (χ0) is 9.83. The van der Waals surface area contributed by atoms with Crippen molar-refractivity contribution < 1.29 is 25.2 Å². The third kappa shape index (κ3) is 3.97. The normalized spacial score (nSPS) is 13.3. The van der Waals surface area contributed by atoms with Gasteiger partial charge in [0.05, 0.1) is 0 Å². The molecule has 0 bridgehead atoms. The maximum absolute atomic E-state index is 11.5. The molecule has 0 aromatic rings. The van der Waals surface area contributed by atoms with Crippen molar-refractivity contribution in [3.63, 3.8) is 0 Å². The van der Waals surface area contributed by atoms with Crippen molar-refractivity contribution in [3.8, 4) is 0 Å². The summed E-state index contributed by atoms with van der Waals surface area (Å²) in [6, 6.07) is 0. The Morgan fingerprint density at radius 2 is 1.92 bits per heavy atom. The maximum atomic E-state index is 11.5. The second-order valence-electron chi connectivity index (χ2n) is 1.48. The molecule has 0 radical (unpaired) electrons. The van der Waals surface area contributed by atoms with Crippen LogP contribution >= 0.6 is 28.0 Å². The molecule has 0 saturated carbocycles. The molecule has 0 atom stereocenters. The van der Waals surface area contributed by atoms with Crippen molar-refractivity contribution in [1.29, 1.82) is 0 Å². The van der Waals surface area contributed by atoms with Gasteiger partial charge in [-0.3, -0.25) is 0 Å². The molecule has 0 aromatic carbocycles. The zero-order valence-electron chi connectivity index (χ0n) is 5.47. The minimum atomic E-state index is -5.43. The fraction of sp³-hybridized carbons (Fsp3) is 1.00. The van der Waals surface area contributed by atoms with Crippen LogP contribution in [-0.2, 0) is 13.7 Å². The van der Waals surface area contributed by atoms with E-state index in [1.165, 1.54) is 0 Å². The molecule has 74 valence electrons. The van der Waals surface area contributed by atoms with Gasteiger partial charge in [-0.1, -0.05) is 15.9 Å². The molecule has 0 aromatic heterocycles. The van der Waals surface area contributed by atoms with Gasteiger partial charge in [0.25, 0.3) is 0 Å². The smallest absolute Gasteiger partial charge is 0.191 e. The number of halogens is 4. The van der Waals surface area contributed by atoms with Crippen LogP contribution in [0.3, 0.4) is 0 Å². The first kappa shape index (κ1) is 12.5. The molecule has 0 amide bonds. The molecular formula is C3H4BrF3O3S2. The number of hydrogen-bond donors (Lipinski definition) is 0. The van der Waals surface area contributed by atoms with E-state index in [1.807, 2.05) is 0 Å². The third-order valence-corrected chi connectivity index (χ3v) is 3.54. The van der Waals surface area contributed by atoms with Gasteiger partial charge in [0, 0.05) is 23.1 Å². The van der Waals surface area contributed by atoms with Crippen molar-refractivity contribution >= 4 is 38.1 Å². The van der Waals surface area contributed by atoms with Gasteiger partial charge in [-0.15, -0.1) is 0 Å².